The van der Waals surface area contributed by atoms with Crippen molar-refractivity contribution in [3.05, 3.63) is 12.2 Å². The van der Waals surface area contributed by atoms with Crippen molar-refractivity contribution in [1.29, 1.82) is 0 Å². The molecule has 0 saturated carbocycles. The fraction of sp³-hybridized carbons (Fsp3) is 0.571. The maximum atomic E-state index is 10.5. The second-order valence-corrected chi connectivity index (χ2v) is 3.01. The summed E-state index contributed by atoms with van der Waals surface area (Å²) in [5, 5.41) is -0.147. The van der Waals surface area contributed by atoms with E-state index in [9.17, 15) is 4.79 Å². The minimum Gasteiger partial charge on any atom is -0.449 e. The molecule has 0 bridgehead atoms. The van der Waals surface area contributed by atoms with Crippen molar-refractivity contribution < 1.29 is 9.53 Å². The van der Waals surface area contributed by atoms with E-state index in [0.29, 0.717) is 0 Å². The molecule has 1 aliphatic heterocycles. The molecule has 1 rings (SSSR count). The number of thioether (sulfide) groups is 1. The van der Waals surface area contributed by atoms with E-state index in [2.05, 4.69) is 6.92 Å². The highest BCUT2D eigenvalue weighted by atomic mass is 32.2. The number of carbonyl (C=O) groups excluding carboxylic acids is 1. The summed E-state index contributed by atoms with van der Waals surface area (Å²) in [6.45, 7) is 2.06. The minimum absolute atomic E-state index is 0.0254. The minimum atomic E-state index is -0.147. The Labute approximate surface area is 64.6 Å². The van der Waals surface area contributed by atoms with Crippen molar-refractivity contribution in [2.75, 3.05) is 5.75 Å². The van der Waals surface area contributed by atoms with Gasteiger partial charge < -0.3 is 4.74 Å². The summed E-state index contributed by atoms with van der Waals surface area (Å²) in [4.78, 5) is 10.5. The van der Waals surface area contributed by atoms with Crippen molar-refractivity contribution >= 4 is 17.1 Å². The van der Waals surface area contributed by atoms with Crippen molar-refractivity contribution in [3.63, 3.8) is 0 Å². The van der Waals surface area contributed by atoms with Crippen LogP contribution in [0.15, 0.2) is 12.2 Å². The Hall–Kier alpha value is -0.440. The van der Waals surface area contributed by atoms with Gasteiger partial charge in [0.25, 0.3) is 0 Å². The summed E-state index contributed by atoms with van der Waals surface area (Å²) >= 11 is 1.24. The molecule has 3 heteroatoms. The summed E-state index contributed by atoms with van der Waals surface area (Å²) in [5.74, 6) is 0.773. The van der Waals surface area contributed by atoms with E-state index >= 15 is 0 Å². The Morgan fingerprint density at radius 1 is 1.90 bits per heavy atom. The maximum absolute atomic E-state index is 10.5. The standard InChI is InChI=1S/C7H10O2S/c1-2-3-4-6-5-10-7(8)9-6/h3-4,6H,2,5H2,1H3. The van der Waals surface area contributed by atoms with Crippen LogP contribution in [0.3, 0.4) is 0 Å². The lowest BCUT2D eigenvalue weighted by Crippen LogP contribution is -2.04. The van der Waals surface area contributed by atoms with Gasteiger partial charge in [0.05, 0.1) is 0 Å². The number of hydrogen-bond acceptors (Lipinski definition) is 3. The predicted molar refractivity (Wildman–Crippen MR) is 42.2 cm³/mol. The third kappa shape index (κ3) is 2.06. The fourth-order valence-electron chi connectivity index (χ4n) is 0.725. The third-order valence-corrected chi connectivity index (χ3v) is 2.03. The average Bonchev–Trinajstić information content (AvgIpc) is 2.31. The van der Waals surface area contributed by atoms with Gasteiger partial charge in [-0.15, -0.1) is 0 Å². The number of ether oxygens (including phenoxy) is 1. The van der Waals surface area contributed by atoms with Gasteiger partial charge in [-0.2, -0.15) is 0 Å². The number of allylic oxidation sites excluding steroid dienone is 1. The molecule has 1 unspecified atom stereocenters. The van der Waals surface area contributed by atoms with E-state index in [1.807, 2.05) is 12.2 Å². The van der Waals surface area contributed by atoms with Crippen LogP contribution in [0.2, 0.25) is 0 Å². The van der Waals surface area contributed by atoms with E-state index in [-0.39, 0.29) is 11.4 Å². The summed E-state index contributed by atoms with van der Waals surface area (Å²) in [5.41, 5.74) is 0. The first-order valence-electron chi connectivity index (χ1n) is 3.33. The molecule has 56 valence electrons. The molecule has 1 fully saturated rings. The molecule has 1 atom stereocenters. The molecule has 0 N–H and O–H groups in total. The predicted octanol–water partition coefficient (Wildman–Crippen LogP) is 2.20. The molecule has 1 aliphatic rings. The third-order valence-electron chi connectivity index (χ3n) is 1.20. The van der Waals surface area contributed by atoms with Gasteiger partial charge in [0.2, 0.25) is 0 Å². The van der Waals surface area contributed by atoms with Crippen LogP contribution in [0, 0.1) is 0 Å². The number of cyclic esters (lactones) is 1. The summed E-state index contributed by atoms with van der Waals surface area (Å²) in [6.07, 6.45) is 4.98. The lowest BCUT2D eigenvalue weighted by atomic mass is 10.3. The monoisotopic (exact) mass is 158 g/mol. The van der Waals surface area contributed by atoms with Gasteiger partial charge >= 0.3 is 5.30 Å². The topological polar surface area (TPSA) is 26.3 Å². The Bertz CT molecular complexity index is 154. The van der Waals surface area contributed by atoms with Gasteiger partial charge in [-0.3, -0.25) is 0 Å². The van der Waals surface area contributed by atoms with Crippen LogP contribution in [0.1, 0.15) is 13.3 Å². The molecule has 2 nitrogen and oxygen atoms in total. The molecule has 1 saturated heterocycles. The Kier molecular flexibility index (Phi) is 2.81. The molecule has 0 spiro atoms. The van der Waals surface area contributed by atoms with E-state index in [1.165, 1.54) is 11.8 Å². The zero-order chi connectivity index (χ0) is 7.40. The van der Waals surface area contributed by atoms with E-state index < -0.39 is 0 Å². The number of carbonyl (C=O) groups is 1. The zero-order valence-corrected chi connectivity index (χ0v) is 6.69. The van der Waals surface area contributed by atoms with Gasteiger partial charge in [0.15, 0.2) is 0 Å². The van der Waals surface area contributed by atoms with Gasteiger partial charge in [-0.05, 0) is 24.3 Å². The van der Waals surface area contributed by atoms with Crippen LogP contribution >= 0.6 is 11.8 Å². The second kappa shape index (κ2) is 3.66. The number of rotatable bonds is 2. The molecule has 10 heavy (non-hydrogen) atoms. The van der Waals surface area contributed by atoms with E-state index in [4.69, 9.17) is 4.74 Å². The summed E-state index contributed by atoms with van der Waals surface area (Å²) in [7, 11) is 0. The van der Waals surface area contributed by atoms with Crippen LogP contribution in [-0.4, -0.2) is 17.2 Å². The highest BCUT2D eigenvalue weighted by Crippen LogP contribution is 2.20. The Morgan fingerprint density at radius 2 is 2.70 bits per heavy atom. The maximum Gasteiger partial charge on any atom is 0.368 e. The van der Waals surface area contributed by atoms with Crippen LogP contribution in [0.25, 0.3) is 0 Å². The van der Waals surface area contributed by atoms with Crippen LogP contribution in [-0.2, 0) is 4.74 Å². The Balaban J connectivity index is 2.31. The van der Waals surface area contributed by atoms with Crippen molar-refractivity contribution in [2.24, 2.45) is 0 Å². The van der Waals surface area contributed by atoms with Gasteiger partial charge in [-0.25, -0.2) is 4.79 Å². The molecule has 0 amide bonds. The zero-order valence-electron chi connectivity index (χ0n) is 5.87. The van der Waals surface area contributed by atoms with E-state index in [1.54, 1.807) is 0 Å². The SMILES string of the molecule is CCC=CC1CSC(=O)O1. The number of hydrogen-bond donors (Lipinski definition) is 0. The Morgan fingerprint density at radius 3 is 3.20 bits per heavy atom. The molecular formula is C7H10O2S. The normalized spacial score (nSPS) is 25.7. The van der Waals surface area contributed by atoms with Gasteiger partial charge in [0, 0.05) is 5.75 Å². The van der Waals surface area contributed by atoms with Crippen molar-refractivity contribution in [2.45, 2.75) is 19.4 Å². The van der Waals surface area contributed by atoms with Gasteiger partial charge in [0.1, 0.15) is 6.10 Å². The molecular weight excluding hydrogens is 148 g/mol. The first kappa shape index (κ1) is 7.66. The molecule has 0 aromatic rings. The quantitative estimate of drug-likeness (QED) is 0.455. The van der Waals surface area contributed by atoms with Crippen molar-refractivity contribution in [3.8, 4) is 0 Å². The molecule has 0 aromatic heterocycles. The van der Waals surface area contributed by atoms with Gasteiger partial charge in [-0.1, -0.05) is 13.0 Å². The lowest BCUT2D eigenvalue weighted by Gasteiger charge is -1.98. The van der Waals surface area contributed by atoms with Crippen LogP contribution in [0.5, 0.6) is 0 Å². The van der Waals surface area contributed by atoms with Crippen molar-refractivity contribution in [1.82, 2.24) is 0 Å². The highest BCUT2D eigenvalue weighted by Gasteiger charge is 2.20. The second-order valence-electron chi connectivity index (χ2n) is 2.05. The molecule has 0 aromatic carbocycles. The summed E-state index contributed by atoms with van der Waals surface area (Å²) < 4.78 is 4.90. The van der Waals surface area contributed by atoms with Crippen LogP contribution < -0.4 is 0 Å². The molecule has 1 heterocycles. The first-order chi connectivity index (χ1) is 4.83. The first-order valence-corrected chi connectivity index (χ1v) is 4.31. The highest BCUT2D eigenvalue weighted by molar-refractivity contribution is 8.13. The average molecular weight is 158 g/mol. The van der Waals surface area contributed by atoms with E-state index in [0.717, 1.165) is 12.2 Å². The van der Waals surface area contributed by atoms with Crippen LogP contribution in [0.4, 0.5) is 4.79 Å². The molecule has 0 radical (unpaired) electrons. The largest absolute Gasteiger partial charge is 0.449 e. The summed E-state index contributed by atoms with van der Waals surface area (Å²) in [6, 6.07) is 0. The smallest absolute Gasteiger partial charge is 0.368 e. The lowest BCUT2D eigenvalue weighted by molar-refractivity contribution is 0.165. The molecule has 0 aliphatic carbocycles. The fourth-order valence-corrected chi connectivity index (χ4v) is 1.40.